The SMILES string of the molecule is CCCCC1CC(NC(=O)OCc2ccccc2)CN(CCC)C1. The van der Waals surface area contributed by atoms with Crippen molar-refractivity contribution >= 4 is 6.09 Å². The number of hydrogen-bond acceptors (Lipinski definition) is 3. The standard InChI is InChI=1S/C20H32N2O2/c1-3-5-9-18-13-19(15-22(14-18)12-4-2)21-20(23)24-16-17-10-7-6-8-11-17/h6-8,10-11,18-19H,3-5,9,12-16H2,1-2H3,(H,21,23). The number of amides is 1. The molecule has 1 aromatic rings. The average molecular weight is 332 g/mol. The van der Waals surface area contributed by atoms with Crippen LogP contribution in [-0.2, 0) is 11.3 Å². The lowest BCUT2D eigenvalue weighted by Crippen LogP contribution is -2.51. The lowest BCUT2D eigenvalue weighted by molar-refractivity contribution is 0.108. The van der Waals surface area contributed by atoms with Crippen molar-refractivity contribution in [2.75, 3.05) is 19.6 Å². The Morgan fingerprint density at radius 1 is 1.21 bits per heavy atom. The fourth-order valence-electron chi connectivity index (χ4n) is 3.54. The van der Waals surface area contributed by atoms with E-state index < -0.39 is 0 Å². The second-order valence-corrected chi connectivity index (χ2v) is 6.91. The zero-order valence-corrected chi connectivity index (χ0v) is 15.2. The number of benzene rings is 1. The summed E-state index contributed by atoms with van der Waals surface area (Å²) >= 11 is 0. The number of rotatable bonds is 8. The Morgan fingerprint density at radius 2 is 2.00 bits per heavy atom. The summed E-state index contributed by atoms with van der Waals surface area (Å²) in [5.74, 6) is 0.685. The van der Waals surface area contributed by atoms with Crippen LogP contribution < -0.4 is 5.32 Å². The van der Waals surface area contributed by atoms with Crippen molar-refractivity contribution in [3.05, 3.63) is 35.9 Å². The average Bonchev–Trinajstić information content (AvgIpc) is 2.59. The molecule has 1 heterocycles. The Hall–Kier alpha value is -1.55. The fourth-order valence-corrected chi connectivity index (χ4v) is 3.54. The molecule has 1 amide bonds. The highest BCUT2D eigenvalue weighted by Crippen LogP contribution is 2.22. The van der Waals surface area contributed by atoms with Gasteiger partial charge in [0.25, 0.3) is 0 Å². The number of ether oxygens (including phenoxy) is 1. The van der Waals surface area contributed by atoms with Crippen LogP contribution in [0.25, 0.3) is 0 Å². The van der Waals surface area contributed by atoms with E-state index >= 15 is 0 Å². The van der Waals surface area contributed by atoms with Crippen LogP contribution in [0.3, 0.4) is 0 Å². The van der Waals surface area contributed by atoms with Gasteiger partial charge in [0, 0.05) is 19.1 Å². The molecule has 1 aliphatic heterocycles. The number of alkyl carbamates (subject to hydrolysis) is 1. The van der Waals surface area contributed by atoms with Crippen molar-refractivity contribution in [2.24, 2.45) is 5.92 Å². The molecule has 4 heteroatoms. The smallest absolute Gasteiger partial charge is 0.407 e. The Kier molecular flexibility index (Phi) is 8.10. The predicted octanol–water partition coefficient (Wildman–Crippen LogP) is 4.20. The molecule has 0 spiro atoms. The molecular formula is C20H32N2O2. The van der Waals surface area contributed by atoms with Crippen LogP contribution in [-0.4, -0.2) is 36.7 Å². The van der Waals surface area contributed by atoms with Crippen molar-refractivity contribution in [3.63, 3.8) is 0 Å². The molecule has 24 heavy (non-hydrogen) atoms. The number of nitrogens with zero attached hydrogens (tertiary/aromatic N) is 1. The van der Waals surface area contributed by atoms with Crippen LogP contribution >= 0.6 is 0 Å². The van der Waals surface area contributed by atoms with Crippen LogP contribution in [0.2, 0.25) is 0 Å². The van der Waals surface area contributed by atoms with E-state index in [0.29, 0.717) is 12.5 Å². The molecule has 4 nitrogen and oxygen atoms in total. The molecule has 1 saturated heterocycles. The number of piperidine rings is 1. The largest absolute Gasteiger partial charge is 0.445 e. The summed E-state index contributed by atoms with van der Waals surface area (Å²) in [7, 11) is 0. The van der Waals surface area contributed by atoms with Gasteiger partial charge in [0.2, 0.25) is 0 Å². The minimum atomic E-state index is -0.295. The first-order valence-corrected chi connectivity index (χ1v) is 9.40. The summed E-state index contributed by atoms with van der Waals surface area (Å²) in [4.78, 5) is 14.6. The quantitative estimate of drug-likeness (QED) is 0.775. The van der Waals surface area contributed by atoms with Gasteiger partial charge in [0.1, 0.15) is 6.61 Å². The van der Waals surface area contributed by atoms with E-state index in [1.807, 2.05) is 30.3 Å². The second kappa shape index (κ2) is 10.3. The Balaban J connectivity index is 1.80. The summed E-state index contributed by atoms with van der Waals surface area (Å²) in [6.45, 7) is 8.01. The zero-order valence-electron chi connectivity index (χ0n) is 15.2. The third-order valence-electron chi connectivity index (χ3n) is 4.65. The zero-order chi connectivity index (χ0) is 17.2. The van der Waals surface area contributed by atoms with Crippen molar-refractivity contribution < 1.29 is 9.53 Å². The predicted molar refractivity (Wildman–Crippen MR) is 97.9 cm³/mol. The van der Waals surface area contributed by atoms with Gasteiger partial charge in [0.05, 0.1) is 0 Å². The molecule has 1 fully saturated rings. The number of carbonyl (C=O) groups excluding carboxylic acids is 1. The molecule has 0 radical (unpaired) electrons. The van der Waals surface area contributed by atoms with E-state index in [2.05, 4.69) is 24.1 Å². The van der Waals surface area contributed by atoms with Crippen LogP contribution in [0.1, 0.15) is 51.5 Å². The van der Waals surface area contributed by atoms with Crippen molar-refractivity contribution in [1.82, 2.24) is 10.2 Å². The maximum atomic E-state index is 12.1. The molecule has 1 aliphatic rings. The fraction of sp³-hybridized carbons (Fsp3) is 0.650. The topological polar surface area (TPSA) is 41.6 Å². The molecule has 0 bridgehead atoms. The van der Waals surface area contributed by atoms with Crippen LogP contribution in [0.5, 0.6) is 0 Å². The molecule has 134 valence electrons. The summed E-state index contributed by atoms with van der Waals surface area (Å²) in [5, 5.41) is 3.08. The van der Waals surface area contributed by atoms with Gasteiger partial charge in [-0.05, 0) is 37.3 Å². The van der Waals surface area contributed by atoms with Gasteiger partial charge in [-0.15, -0.1) is 0 Å². The minimum absolute atomic E-state index is 0.204. The summed E-state index contributed by atoms with van der Waals surface area (Å²) in [6, 6.07) is 10.0. The van der Waals surface area contributed by atoms with Gasteiger partial charge < -0.3 is 15.0 Å². The number of hydrogen-bond donors (Lipinski definition) is 1. The van der Waals surface area contributed by atoms with E-state index in [9.17, 15) is 4.79 Å². The molecular weight excluding hydrogens is 300 g/mol. The van der Waals surface area contributed by atoms with Crippen LogP contribution in [0.15, 0.2) is 30.3 Å². The van der Waals surface area contributed by atoms with Gasteiger partial charge in [0.15, 0.2) is 0 Å². The van der Waals surface area contributed by atoms with Gasteiger partial charge in [-0.1, -0.05) is 57.0 Å². The molecule has 0 saturated carbocycles. The first-order valence-electron chi connectivity index (χ1n) is 9.40. The lowest BCUT2D eigenvalue weighted by Gasteiger charge is -2.38. The van der Waals surface area contributed by atoms with Crippen molar-refractivity contribution in [1.29, 1.82) is 0 Å². The molecule has 0 aromatic heterocycles. The van der Waals surface area contributed by atoms with Crippen molar-refractivity contribution in [2.45, 2.75) is 58.6 Å². The second-order valence-electron chi connectivity index (χ2n) is 6.91. The lowest BCUT2D eigenvalue weighted by atomic mass is 9.90. The highest BCUT2D eigenvalue weighted by atomic mass is 16.5. The van der Waals surface area contributed by atoms with E-state index in [1.165, 1.54) is 25.8 Å². The van der Waals surface area contributed by atoms with Gasteiger partial charge in [-0.3, -0.25) is 0 Å². The minimum Gasteiger partial charge on any atom is -0.445 e. The van der Waals surface area contributed by atoms with E-state index in [4.69, 9.17) is 4.74 Å². The maximum Gasteiger partial charge on any atom is 0.407 e. The van der Waals surface area contributed by atoms with Gasteiger partial charge >= 0.3 is 6.09 Å². The van der Waals surface area contributed by atoms with E-state index in [0.717, 1.165) is 31.5 Å². The first kappa shape index (κ1) is 18.8. The monoisotopic (exact) mass is 332 g/mol. The summed E-state index contributed by atoms with van der Waals surface area (Å²) < 4.78 is 5.37. The van der Waals surface area contributed by atoms with E-state index in [-0.39, 0.29) is 12.1 Å². The summed E-state index contributed by atoms with van der Waals surface area (Å²) in [6.07, 6.45) is 5.70. The molecule has 2 rings (SSSR count). The normalized spacial score (nSPS) is 21.4. The Bertz CT molecular complexity index is 478. The molecule has 2 unspecified atom stereocenters. The molecule has 0 aliphatic carbocycles. The Morgan fingerprint density at radius 3 is 2.71 bits per heavy atom. The third kappa shape index (κ3) is 6.52. The highest BCUT2D eigenvalue weighted by Gasteiger charge is 2.27. The van der Waals surface area contributed by atoms with Crippen LogP contribution in [0.4, 0.5) is 4.79 Å². The number of nitrogens with one attached hydrogen (secondary N) is 1. The molecule has 1 N–H and O–H groups in total. The summed E-state index contributed by atoms with van der Waals surface area (Å²) in [5.41, 5.74) is 1.02. The van der Waals surface area contributed by atoms with Crippen LogP contribution in [0, 0.1) is 5.92 Å². The van der Waals surface area contributed by atoms with Gasteiger partial charge in [-0.25, -0.2) is 4.79 Å². The molecule has 1 aromatic carbocycles. The van der Waals surface area contributed by atoms with Gasteiger partial charge in [-0.2, -0.15) is 0 Å². The molecule has 2 atom stereocenters. The third-order valence-corrected chi connectivity index (χ3v) is 4.65. The Labute approximate surface area is 146 Å². The first-order chi connectivity index (χ1) is 11.7. The number of likely N-dealkylation sites (tertiary alicyclic amines) is 1. The number of unbranched alkanes of at least 4 members (excludes halogenated alkanes) is 1. The highest BCUT2D eigenvalue weighted by molar-refractivity contribution is 5.67. The number of carbonyl (C=O) groups is 1. The van der Waals surface area contributed by atoms with Crippen molar-refractivity contribution in [3.8, 4) is 0 Å². The van der Waals surface area contributed by atoms with E-state index in [1.54, 1.807) is 0 Å². The maximum absolute atomic E-state index is 12.1.